The largest absolute Gasteiger partial charge is 0.492 e. The second-order valence-corrected chi connectivity index (χ2v) is 7.69. The first-order chi connectivity index (χ1) is 9.15. The first-order valence-corrected chi connectivity index (χ1v) is 8.58. The van der Waals surface area contributed by atoms with Crippen molar-refractivity contribution in [2.24, 2.45) is 0 Å². The number of ether oxygens (including phenoxy) is 1. The highest BCUT2D eigenvalue weighted by atomic mass is 32.2. The van der Waals surface area contributed by atoms with Crippen LogP contribution in [0.5, 0.6) is 5.75 Å². The van der Waals surface area contributed by atoms with E-state index < -0.39 is 9.84 Å². The van der Waals surface area contributed by atoms with Gasteiger partial charge < -0.3 is 10.1 Å². The predicted octanol–water partition coefficient (Wildman–Crippen LogP) is 2.00. The van der Waals surface area contributed by atoms with Gasteiger partial charge in [-0.05, 0) is 43.0 Å². The lowest BCUT2D eigenvalue weighted by Gasteiger charge is -2.22. The summed E-state index contributed by atoms with van der Waals surface area (Å²) in [4.78, 5) is 0. The number of sulfone groups is 1. The topological polar surface area (TPSA) is 55.4 Å². The van der Waals surface area contributed by atoms with E-state index in [9.17, 15) is 8.42 Å². The molecule has 1 atom stereocenters. The summed E-state index contributed by atoms with van der Waals surface area (Å²) in [5.41, 5.74) is 2.42. The molecule has 0 aromatic heterocycles. The van der Waals surface area contributed by atoms with Crippen LogP contribution in [0.25, 0.3) is 0 Å². The summed E-state index contributed by atoms with van der Waals surface area (Å²) >= 11 is 0. The fourth-order valence-electron chi connectivity index (χ4n) is 2.77. The molecule has 5 heteroatoms. The average Bonchev–Trinajstić information content (AvgIpc) is 2.84. The van der Waals surface area contributed by atoms with Gasteiger partial charge in [0.05, 0.1) is 11.0 Å². The third kappa shape index (κ3) is 2.71. The van der Waals surface area contributed by atoms with Gasteiger partial charge in [-0.25, -0.2) is 8.42 Å². The van der Waals surface area contributed by atoms with Crippen LogP contribution >= 0.6 is 0 Å². The quantitative estimate of drug-likeness (QED) is 0.920. The lowest BCUT2D eigenvalue weighted by Crippen LogP contribution is -2.33. The summed E-state index contributed by atoms with van der Waals surface area (Å²) in [6.45, 7) is 1.25. The van der Waals surface area contributed by atoms with Crippen molar-refractivity contribution in [3.63, 3.8) is 0 Å². The third-order valence-corrected chi connectivity index (χ3v) is 6.18. The highest BCUT2D eigenvalue weighted by Gasteiger charge is 2.29. The molecular weight excluding hydrogens is 262 g/mol. The maximum absolute atomic E-state index is 11.9. The van der Waals surface area contributed by atoms with E-state index in [0.29, 0.717) is 5.75 Å². The molecule has 2 heterocycles. The Morgan fingerprint density at radius 1 is 1.32 bits per heavy atom. The van der Waals surface area contributed by atoms with Crippen molar-refractivity contribution in [3.05, 3.63) is 23.8 Å². The van der Waals surface area contributed by atoms with Gasteiger partial charge in [0.2, 0.25) is 0 Å². The van der Waals surface area contributed by atoms with Crippen LogP contribution in [0.1, 0.15) is 24.8 Å². The van der Waals surface area contributed by atoms with Crippen molar-refractivity contribution in [2.75, 3.05) is 24.2 Å². The summed E-state index contributed by atoms with van der Waals surface area (Å²) in [7, 11) is -2.94. The molecule has 1 fully saturated rings. The molecule has 1 aromatic carbocycles. The van der Waals surface area contributed by atoms with Crippen LogP contribution in [-0.4, -0.2) is 32.6 Å². The van der Waals surface area contributed by atoms with Gasteiger partial charge in [-0.15, -0.1) is 0 Å². The van der Waals surface area contributed by atoms with Crippen LogP contribution in [0.15, 0.2) is 18.2 Å². The van der Waals surface area contributed by atoms with E-state index in [1.165, 1.54) is 5.56 Å². The molecule has 104 valence electrons. The monoisotopic (exact) mass is 281 g/mol. The third-order valence-electron chi connectivity index (χ3n) is 3.94. The molecule has 0 spiro atoms. The first-order valence-electron chi connectivity index (χ1n) is 6.86. The smallest absolute Gasteiger partial charge is 0.156 e. The molecule has 0 radical (unpaired) electrons. The Morgan fingerprint density at radius 3 is 3.05 bits per heavy atom. The van der Waals surface area contributed by atoms with Crippen molar-refractivity contribution in [3.8, 4) is 5.75 Å². The van der Waals surface area contributed by atoms with E-state index in [1.54, 1.807) is 0 Å². The Balaban J connectivity index is 1.66. The number of hydrogen-bond acceptors (Lipinski definition) is 4. The van der Waals surface area contributed by atoms with Crippen LogP contribution in [0, 0.1) is 0 Å². The van der Waals surface area contributed by atoms with Gasteiger partial charge in [0.1, 0.15) is 12.4 Å². The van der Waals surface area contributed by atoms with E-state index >= 15 is 0 Å². The number of nitrogens with one attached hydrogen (secondary N) is 1. The summed E-state index contributed by atoms with van der Waals surface area (Å²) in [6.07, 6.45) is 3.52. The van der Waals surface area contributed by atoms with Crippen LogP contribution in [0.3, 0.4) is 0 Å². The molecule has 1 saturated heterocycles. The van der Waals surface area contributed by atoms with Crippen LogP contribution in [0.4, 0.5) is 5.69 Å². The molecule has 1 N–H and O–H groups in total. The van der Waals surface area contributed by atoms with Crippen LogP contribution in [-0.2, 0) is 16.3 Å². The van der Waals surface area contributed by atoms with Crippen molar-refractivity contribution in [2.45, 2.75) is 30.9 Å². The van der Waals surface area contributed by atoms with Crippen molar-refractivity contribution >= 4 is 15.5 Å². The SMILES string of the molecule is O=S1(=O)CCCCC1COc1ccc2c(c1)CCN2. The van der Waals surface area contributed by atoms with Crippen molar-refractivity contribution < 1.29 is 13.2 Å². The zero-order valence-electron chi connectivity index (χ0n) is 10.9. The fourth-order valence-corrected chi connectivity index (χ4v) is 4.51. The molecule has 4 nitrogen and oxygen atoms in total. The normalized spacial score (nSPS) is 24.5. The number of hydrogen-bond donors (Lipinski definition) is 1. The Hall–Kier alpha value is -1.23. The molecule has 0 bridgehead atoms. The van der Waals surface area contributed by atoms with E-state index in [2.05, 4.69) is 5.32 Å². The molecule has 2 aliphatic rings. The minimum absolute atomic E-state index is 0.286. The van der Waals surface area contributed by atoms with Gasteiger partial charge in [-0.3, -0.25) is 0 Å². The molecule has 1 unspecified atom stereocenters. The Kier molecular flexibility index (Phi) is 3.39. The molecular formula is C14H19NO3S. The zero-order chi connectivity index (χ0) is 13.3. The van der Waals surface area contributed by atoms with Gasteiger partial charge in [-0.1, -0.05) is 6.42 Å². The molecule has 3 rings (SSSR count). The molecule has 0 saturated carbocycles. The minimum atomic E-state index is -2.94. The number of rotatable bonds is 3. The zero-order valence-corrected chi connectivity index (χ0v) is 11.7. The maximum atomic E-state index is 11.9. The van der Waals surface area contributed by atoms with E-state index in [1.807, 2.05) is 18.2 Å². The second-order valence-electron chi connectivity index (χ2n) is 5.29. The Bertz CT molecular complexity index is 568. The predicted molar refractivity (Wildman–Crippen MR) is 75.6 cm³/mol. The summed E-state index contributed by atoms with van der Waals surface area (Å²) in [5, 5.41) is 2.97. The number of anilines is 1. The van der Waals surface area contributed by atoms with E-state index in [0.717, 1.165) is 43.7 Å². The highest BCUT2D eigenvalue weighted by molar-refractivity contribution is 7.92. The van der Waals surface area contributed by atoms with Gasteiger partial charge in [0, 0.05) is 12.2 Å². The summed E-state index contributed by atoms with van der Waals surface area (Å²) < 4.78 is 29.5. The first kappa shape index (κ1) is 12.8. The standard InChI is InChI=1S/C14H19NO3S/c16-19(17)8-2-1-3-13(19)10-18-12-4-5-14-11(9-12)6-7-15-14/h4-5,9,13,15H,1-3,6-8,10H2. The van der Waals surface area contributed by atoms with E-state index in [4.69, 9.17) is 4.74 Å². The van der Waals surface area contributed by atoms with E-state index in [-0.39, 0.29) is 11.9 Å². The van der Waals surface area contributed by atoms with Gasteiger partial charge in [0.25, 0.3) is 0 Å². The van der Waals surface area contributed by atoms with Crippen LogP contribution in [0.2, 0.25) is 0 Å². The lowest BCUT2D eigenvalue weighted by molar-refractivity contribution is 0.302. The fraction of sp³-hybridized carbons (Fsp3) is 0.571. The van der Waals surface area contributed by atoms with Crippen molar-refractivity contribution in [1.82, 2.24) is 0 Å². The Labute approximate surface area is 114 Å². The summed E-state index contributed by atoms with van der Waals surface area (Å²) in [5.74, 6) is 1.10. The molecule has 19 heavy (non-hydrogen) atoms. The van der Waals surface area contributed by atoms with Gasteiger partial charge >= 0.3 is 0 Å². The van der Waals surface area contributed by atoms with Crippen LogP contribution < -0.4 is 10.1 Å². The Morgan fingerprint density at radius 2 is 2.21 bits per heavy atom. The van der Waals surface area contributed by atoms with Gasteiger partial charge in [0.15, 0.2) is 9.84 Å². The number of benzene rings is 1. The minimum Gasteiger partial charge on any atom is -0.492 e. The van der Waals surface area contributed by atoms with Gasteiger partial charge in [-0.2, -0.15) is 0 Å². The molecule has 0 aliphatic carbocycles. The average molecular weight is 281 g/mol. The summed E-state index contributed by atoms with van der Waals surface area (Å²) in [6, 6.07) is 5.93. The highest BCUT2D eigenvalue weighted by Crippen LogP contribution is 2.27. The second kappa shape index (κ2) is 5.04. The lowest BCUT2D eigenvalue weighted by atomic mass is 10.1. The molecule has 1 aromatic rings. The maximum Gasteiger partial charge on any atom is 0.156 e. The van der Waals surface area contributed by atoms with Crippen molar-refractivity contribution in [1.29, 1.82) is 0 Å². The molecule has 0 amide bonds. The molecule has 2 aliphatic heterocycles. The number of fused-ring (bicyclic) bond motifs is 1.